The minimum absolute atomic E-state index is 0.145. The molecule has 0 bridgehead atoms. The molecule has 32 heavy (non-hydrogen) atoms. The fraction of sp³-hybridized carbons (Fsp3) is 0.160. The second-order valence-electron chi connectivity index (χ2n) is 7.85. The van der Waals surface area contributed by atoms with Crippen LogP contribution in [0.5, 0.6) is 0 Å². The van der Waals surface area contributed by atoms with Gasteiger partial charge in [0.05, 0.1) is 11.4 Å². The van der Waals surface area contributed by atoms with Crippen LogP contribution in [0.25, 0.3) is 21.9 Å². The van der Waals surface area contributed by atoms with Crippen molar-refractivity contribution >= 4 is 62.8 Å². The first kappa shape index (κ1) is 19.1. The molecule has 0 aliphatic carbocycles. The molecule has 1 atom stereocenters. The van der Waals surface area contributed by atoms with Crippen LogP contribution in [0.15, 0.2) is 71.1 Å². The van der Waals surface area contributed by atoms with Crippen molar-refractivity contribution in [3.8, 4) is 0 Å². The number of carbonyl (C=O) groups is 3. The molecule has 3 amide bonds. The molecule has 0 N–H and O–H groups in total. The molecule has 6 nitrogen and oxygen atoms in total. The highest BCUT2D eigenvalue weighted by Crippen LogP contribution is 2.56. The molecule has 1 fully saturated rings. The molecule has 1 saturated heterocycles. The first-order valence-electron chi connectivity index (χ1n) is 10.4. The van der Waals surface area contributed by atoms with Crippen molar-refractivity contribution in [2.45, 2.75) is 18.2 Å². The number of benzene rings is 3. The number of rotatable bonds is 2. The third-order valence-corrected chi connectivity index (χ3v) is 7.53. The number of carbonyl (C=O) groups excluding carboxylic acids is 3. The van der Waals surface area contributed by atoms with Crippen LogP contribution < -0.4 is 9.80 Å². The van der Waals surface area contributed by atoms with Gasteiger partial charge in [0, 0.05) is 34.5 Å². The second-order valence-corrected chi connectivity index (χ2v) is 9.01. The highest BCUT2D eigenvalue weighted by Gasteiger charge is 2.62. The first-order valence-corrected chi connectivity index (χ1v) is 11.4. The van der Waals surface area contributed by atoms with Gasteiger partial charge >= 0.3 is 0 Å². The van der Waals surface area contributed by atoms with Crippen molar-refractivity contribution in [1.29, 1.82) is 0 Å². The minimum atomic E-state index is -1.31. The molecule has 3 aromatic carbocycles. The largest absolute Gasteiger partial charge is 0.456 e. The van der Waals surface area contributed by atoms with Gasteiger partial charge in [0.15, 0.2) is 0 Å². The van der Waals surface area contributed by atoms with E-state index in [2.05, 4.69) is 0 Å². The van der Waals surface area contributed by atoms with E-state index in [1.165, 1.54) is 21.6 Å². The molecule has 1 spiro atoms. The Morgan fingerprint density at radius 2 is 1.75 bits per heavy atom. The van der Waals surface area contributed by atoms with E-state index in [1.807, 2.05) is 48.5 Å². The maximum Gasteiger partial charge on any atom is 0.275 e. The lowest BCUT2D eigenvalue weighted by Crippen LogP contribution is -2.50. The highest BCUT2D eigenvalue weighted by atomic mass is 32.2. The zero-order valence-electron chi connectivity index (χ0n) is 17.2. The van der Waals surface area contributed by atoms with E-state index >= 15 is 0 Å². The average Bonchev–Trinajstić information content (AvgIpc) is 3.44. The molecule has 3 heterocycles. The number of imide groups is 1. The molecule has 2 aliphatic rings. The van der Waals surface area contributed by atoms with E-state index in [1.54, 1.807) is 25.1 Å². The summed E-state index contributed by atoms with van der Waals surface area (Å²) in [6.45, 7) is 1.73. The predicted molar refractivity (Wildman–Crippen MR) is 125 cm³/mol. The number of thioether (sulfide) groups is 1. The smallest absolute Gasteiger partial charge is 0.275 e. The van der Waals surface area contributed by atoms with Crippen molar-refractivity contribution in [3.05, 3.63) is 72.3 Å². The maximum absolute atomic E-state index is 13.8. The zero-order valence-corrected chi connectivity index (χ0v) is 18.0. The lowest BCUT2D eigenvalue weighted by molar-refractivity contribution is -0.128. The summed E-state index contributed by atoms with van der Waals surface area (Å²) in [6.07, 6.45) is 0.194. The van der Waals surface area contributed by atoms with Crippen LogP contribution in [-0.2, 0) is 19.3 Å². The van der Waals surface area contributed by atoms with Gasteiger partial charge in [-0.1, -0.05) is 43.3 Å². The fourth-order valence-corrected chi connectivity index (χ4v) is 6.08. The first-order chi connectivity index (χ1) is 15.6. The number of amides is 3. The summed E-state index contributed by atoms with van der Waals surface area (Å²) in [5, 5.41) is 1.94. The van der Waals surface area contributed by atoms with Gasteiger partial charge in [0.25, 0.3) is 5.91 Å². The third kappa shape index (κ3) is 2.34. The number of fused-ring (bicyclic) bond motifs is 5. The van der Waals surface area contributed by atoms with Crippen LogP contribution in [0.1, 0.15) is 18.9 Å². The number of nitrogens with zero attached hydrogens (tertiary/aromatic N) is 2. The molecule has 2 aliphatic heterocycles. The molecule has 4 aromatic rings. The third-order valence-electron chi connectivity index (χ3n) is 6.14. The SMILES string of the molecule is CCC(=O)N1C(=O)[C@@]2(SCC(=O)N2c2ccc3c(c2)oc2ccccc23)c2ccccc21. The maximum atomic E-state index is 13.8. The van der Waals surface area contributed by atoms with E-state index in [-0.39, 0.29) is 24.0 Å². The lowest BCUT2D eigenvalue weighted by atomic mass is 10.0. The van der Waals surface area contributed by atoms with Crippen molar-refractivity contribution < 1.29 is 18.8 Å². The standard InChI is InChI=1S/C25H18N2O4S/c1-2-22(28)26-19-9-5-4-8-18(19)25(24(26)30)27(23(29)14-32-25)15-11-12-17-16-7-3-6-10-20(16)31-21(17)13-15/h3-13H,2,14H2,1H3/t25-/m0/s1. The summed E-state index contributed by atoms with van der Waals surface area (Å²) >= 11 is 1.26. The van der Waals surface area contributed by atoms with E-state index in [4.69, 9.17) is 4.42 Å². The van der Waals surface area contributed by atoms with Gasteiger partial charge in [-0.05, 0) is 24.3 Å². The van der Waals surface area contributed by atoms with Crippen LogP contribution >= 0.6 is 11.8 Å². The van der Waals surface area contributed by atoms with Crippen LogP contribution in [0.3, 0.4) is 0 Å². The Labute approximate surface area is 187 Å². The van der Waals surface area contributed by atoms with Gasteiger partial charge in [-0.3, -0.25) is 19.3 Å². The quantitative estimate of drug-likeness (QED) is 0.446. The number of furan rings is 1. The van der Waals surface area contributed by atoms with Crippen LogP contribution in [0, 0.1) is 0 Å². The molecule has 7 heteroatoms. The van der Waals surface area contributed by atoms with Gasteiger partial charge in [-0.15, -0.1) is 11.8 Å². The Hall–Kier alpha value is -3.58. The zero-order chi connectivity index (χ0) is 22.0. The number of hydrogen-bond donors (Lipinski definition) is 0. The molecular weight excluding hydrogens is 424 g/mol. The van der Waals surface area contributed by atoms with Crippen molar-refractivity contribution in [1.82, 2.24) is 0 Å². The van der Waals surface area contributed by atoms with Gasteiger partial charge < -0.3 is 4.42 Å². The predicted octanol–water partition coefficient (Wildman–Crippen LogP) is 4.80. The monoisotopic (exact) mass is 442 g/mol. The second kappa shape index (κ2) is 6.71. The summed E-state index contributed by atoms with van der Waals surface area (Å²) in [5.74, 6) is -0.718. The topological polar surface area (TPSA) is 70.8 Å². The summed E-state index contributed by atoms with van der Waals surface area (Å²) in [5.41, 5.74) is 3.18. The normalized spacial score (nSPS) is 20.2. The van der Waals surface area contributed by atoms with Gasteiger partial charge in [-0.2, -0.15) is 0 Å². The fourth-order valence-electron chi connectivity index (χ4n) is 4.74. The van der Waals surface area contributed by atoms with Crippen LogP contribution in [-0.4, -0.2) is 23.5 Å². The minimum Gasteiger partial charge on any atom is -0.456 e. The Kier molecular flexibility index (Phi) is 4.01. The van der Waals surface area contributed by atoms with Gasteiger partial charge in [0.2, 0.25) is 16.7 Å². The Morgan fingerprint density at radius 1 is 1.00 bits per heavy atom. The molecule has 0 unspecified atom stereocenters. The molecule has 1 aromatic heterocycles. The Bertz CT molecular complexity index is 1460. The van der Waals surface area contributed by atoms with Crippen LogP contribution in [0.4, 0.5) is 11.4 Å². The number of hydrogen-bond acceptors (Lipinski definition) is 5. The van der Waals surface area contributed by atoms with E-state index in [0.29, 0.717) is 22.5 Å². The lowest BCUT2D eigenvalue weighted by Gasteiger charge is -2.33. The van der Waals surface area contributed by atoms with Crippen molar-refractivity contribution in [2.75, 3.05) is 15.6 Å². The summed E-state index contributed by atoms with van der Waals surface area (Å²) < 4.78 is 6.02. The molecule has 0 saturated carbocycles. The van der Waals surface area contributed by atoms with Crippen molar-refractivity contribution in [2.24, 2.45) is 0 Å². The van der Waals surface area contributed by atoms with E-state index in [0.717, 1.165) is 16.4 Å². The number of para-hydroxylation sites is 2. The van der Waals surface area contributed by atoms with Crippen molar-refractivity contribution in [3.63, 3.8) is 0 Å². The van der Waals surface area contributed by atoms with E-state index < -0.39 is 10.8 Å². The Morgan fingerprint density at radius 3 is 2.59 bits per heavy atom. The number of anilines is 2. The molecule has 6 rings (SSSR count). The highest BCUT2D eigenvalue weighted by molar-refractivity contribution is 8.02. The summed E-state index contributed by atoms with van der Waals surface area (Å²) in [7, 11) is 0. The molecule has 158 valence electrons. The van der Waals surface area contributed by atoms with Crippen LogP contribution in [0.2, 0.25) is 0 Å². The molecule has 0 radical (unpaired) electrons. The molecular formula is C25H18N2O4S. The van der Waals surface area contributed by atoms with E-state index in [9.17, 15) is 14.4 Å². The Balaban J connectivity index is 1.56. The van der Waals surface area contributed by atoms with Gasteiger partial charge in [0.1, 0.15) is 11.2 Å². The summed E-state index contributed by atoms with van der Waals surface area (Å²) in [4.78, 5) is 41.1. The van der Waals surface area contributed by atoms with Gasteiger partial charge in [-0.25, -0.2) is 4.90 Å². The average molecular weight is 442 g/mol. The summed E-state index contributed by atoms with van der Waals surface area (Å²) in [6, 6.07) is 20.5.